The van der Waals surface area contributed by atoms with Crippen LogP contribution >= 0.6 is 0 Å². The molecule has 0 amide bonds. The number of Topliss-reactive ketones (excluding diaryl/α,β-unsaturated/α-hetero) is 1. The van der Waals surface area contributed by atoms with Crippen molar-refractivity contribution in [1.29, 1.82) is 0 Å². The molecule has 0 bridgehead atoms. The molecule has 2 nitrogen and oxygen atoms in total. The summed E-state index contributed by atoms with van der Waals surface area (Å²) in [4.78, 5) is 12.3. The minimum absolute atomic E-state index is 0.0242. The Morgan fingerprint density at radius 2 is 1.50 bits per heavy atom. The van der Waals surface area contributed by atoms with Gasteiger partial charge in [-0.15, -0.1) is 0 Å². The van der Waals surface area contributed by atoms with Crippen molar-refractivity contribution < 1.29 is 9.90 Å². The van der Waals surface area contributed by atoms with Crippen LogP contribution in [0.2, 0.25) is 0 Å². The van der Waals surface area contributed by atoms with Crippen LogP contribution in [0.25, 0.3) is 0 Å². The van der Waals surface area contributed by atoms with E-state index in [0.29, 0.717) is 6.42 Å². The highest BCUT2D eigenvalue weighted by Gasteiger charge is 2.52. The number of ketones is 1. The molecular weight excluding hydrogens is 272 g/mol. The summed E-state index contributed by atoms with van der Waals surface area (Å²) in [7, 11) is 0. The number of hydrogen-bond donors (Lipinski definition) is 1. The van der Waals surface area contributed by atoms with Gasteiger partial charge in [-0.2, -0.15) is 0 Å². The molecule has 0 radical (unpaired) electrons. The first-order valence-electron chi connectivity index (χ1n) is 7.83. The molecule has 0 unspecified atom stereocenters. The highest BCUT2D eigenvalue weighted by atomic mass is 16.3. The van der Waals surface area contributed by atoms with E-state index in [-0.39, 0.29) is 23.5 Å². The van der Waals surface area contributed by atoms with Gasteiger partial charge in [0.25, 0.3) is 0 Å². The molecule has 2 aromatic carbocycles. The van der Waals surface area contributed by atoms with Gasteiger partial charge in [-0.05, 0) is 37.3 Å². The summed E-state index contributed by atoms with van der Waals surface area (Å²) in [5.41, 5.74) is 1.36. The van der Waals surface area contributed by atoms with Crippen LogP contribution in [0.3, 0.4) is 0 Å². The lowest BCUT2D eigenvalue weighted by atomic mass is 9.77. The summed E-state index contributed by atoms with van der Waals surface area (Å²) in [6.45, 7) is 3.40. The van der Waals surface area contributed by atoms with Crippen molar-refractivity contribution in [3.63, 3.8) is 0 Å². The van der Waals surface area contributed by atoms with E-state index in [1.807, 2.05) is 36.4 Å². The molecule has 1 saturated carbocycles. The molecule has 3 rings (SSSR count). The first kappa shape index (κ1) is 15.0. The van der Waals surface area contributed by atoms with Gasteiger partial charge in [-0.3, -0.25) is 4.79 Å². The van der Waals surface area contributed by atoms with Crippen LogP contribution in [0.5, 0.6) is 0 Å². The first-order chi connectivity index (χ1) is 10.5. The van der Waals surface area contributed by atoms with Crippen molar-refractivity contribution in [3.05, 3.63) is 71.8 Å². The Hall–Kier alpha value is -1.93. The monoisotopic (exact) mass is 294 g/mol. The maximum absolute atomic E-state index is 12.3. The zero-order valence-corrected chi connectivity index (χ0v) is 13.1. The Morgan fingerprint density at radius 3 is 2.00 bits per heavy atom. The van der Waals surface area contributed by atoms with Crippen molar-refractivity contribution in [2.75, 3.05) is 0 Å². The summed E-state index contributed by atoms with van der Waals surface area (Å²) in [5.74, 6) is -0.110. The number of rotatable bonds is 3. The smallest absolute Gasteiger partial charge is 0.136 e. The molecule has 1 fully saturated rings. The molecule has 1 aliphatic carbocycles. The van der Waals surface area contributed by atoms with Gasteiger partial charge in [0.1, 0.15) is 5.78 Å². The van der Waals surface area contributed by atoms with E-state index < -0.39 is 5.60 Å². The van der Waals surface area contributed by atoms with Gasteiger partial charge in [-0.25, -0.2) is 0 Å². The van der Waals surface area contributed by atoms with Gasteiger partial charge in [0.2, 0.25) is 0 Å². The summed E-state index contributed by atoms with van der Waals surface area (Å²) >= 11 is 0. The topological polar surface area (TPSA) is 37.3 Å². The highest BCUT2D eigenvalue weighted by molar-refractivity contribution is 5.81. The predicted octanol–water partition coefficient (Wildman–Crippen LogP) is 3.91. The molecule has 2 heteroatoms. The molecule has 114 valence electrons. The van der Waals surface area contributed by atoms with E-state index >= 15 is 0 Å². The first-order valence-corrected chi connectivity index (χ1v) is 7.83. The van der Waals surface area contributed by atoms with E-state index in [0.717, 1.165) is 5.56 Å². The molecule has 4 atom stereocenters. The van der Waals surface area contributed by atoms with Crippen LogP contribution < -0.4 is 0 Å². The van der Waals surface area contributed by atoms with E-state index in [1.165, 1.54) is 5.56 Å². The third-order valence-corrected chi connectivity index (χ3v) is 4.95. The summed E-state index contributed by atoms with van der Waals surface area (Å²) in [5, 5.41) is 10.9. The second-order valence-corrected chi connectivity index (χ2v) is 6.60. The minimum atomic E-state index is -0.965. The molecule has 0 saturated heterocycles. The molecule has 0 aromatic heterocycles. The van der Waals surface area contributed by atoms with Crippen molar-refractivity contribution in [1.82, 2.24) is 0 Å². The Balaban J connectivity index is 2.11. The molecule has 1 aliphatic rings. The van der Waals surface area contributed by atoms with Gasteiger partial charge in [-0.1, -0.05) is 60.7 Å². The molecule has 0 heterocycles. The number of benzene rings is 2. The maximum Gasteiger partial charge on any atom is 0.136 e. The van der Waals surface area contributed by atoms with Crippen molar-refractivity contribution >= 4 is 5.78 Å². The number of carbonyl (C=O) groups excluding carboxylic acids is 1. The Labute approximate surface area is 131 Å². The van der Waals surface area contributed by atoms with Crippen LogP contribution in [0.15, 0.2) is 60.7 Å². The standard InChI is InChI=1S/C20H22O2/c1-14(21)19-18(16-11-7-4-8-12-16)17(13-20(19,2)22)15-9-5-3-6-10-15/h3-12,17-19,22H,13H2,1-2H3/t17-,18-,19+,20+/m1/s1. The largest absolute Gasteiger partial charge is 0.389 e. The zero-order chi connectivity index (χ0) is 15.7. The lowest BCUT2D eigenvalue weighted by Gasteiger charge is -2.28. The number of aliphatic hydroxyl groups is 1. The molecule has 22 heavy (non-hydrogen) atoms. The lowest BCUT2D eigenvalue weighted by molar-refractivity contribution is -0.127. The summed E-state index contributed by atoms with van der Waals surface area (Å²) in [6, 6.07) is 20.4. The number of hydrogen-bond acceptors (Lipinski definition) is 2. The quantitative estimate of drug-likeness (QED) is 0.931. The van der Waals surface area contributed by atoms with Crippen LogP contribution in [0.1, 0.15) is 43.2 Å². The van der Waals surface area contributed by atoms with Crippen LogP contribution in [0.4, 0.5) is 0 Å². The van der Waals surface area contributed by atoms with Crippen molar-refractivity contribution in [2.24, 2.45) is 5.92 Å². The van der Waals surface area contributed by atoms with E-state index in [9.17, 15) is 9.90 Å². The van der Waals surface area contributed by atoms with Gasteiger partial charge >= 0.3 is 0 Å². The van der Waals surface area contributed by atoms with Crippen molar-refractivity contribution in [2.45, 2.75) is 37.7 Å². The lowest BCUT2D eigenvalue weighted by Crippen LogP contribution is -2.36. The van der Waals surface area contributed by atoms with E-state index in [4.69, 9.17) is 0 Å². The second kappa shape index (κ2) is 5.69. The number of carbonyl (C=O) groups is 1. The SMILES string of the molecule is CC(=O)[C@H]1[C@H](c2ccccc2)[C@@H](c2ccccc2)C[C@]1(C)O. The van der Waals surface area contributed by atoms with Crippen LogP contribution in [-0.2, 0) is 4.79 Å². The van der Waals surface area contributed by atoms with Crippen LogP contribution in [-0.4, -0.2) is 16.5 Å². The second-order valence-electron chi connectivity index (χ2n) is 6.60. The fourth-order valence-electron chi connectivity index (χ4n) is 4.13. The van der Waals surface area contributed by atoms with E-state index in [1.54, 1.807) is 13.8 Å². The zero-order valence-electron chi connectivity index (χ0n) is 13.1. The van der Waals surface area contributed by atoms with Gasteiger partial charge in [0.05, 0.1) is 11.5 Å². The molecule has 2 aromatic rings. The van der Waals surface area contributed by atoms with Gasteiger partial charge < -0.3 is 5.11 Å². The Bertz CT molecular complexity index is 646. The fourth-order valence-corrected chi connectivity index (χ4v) is 4.13. The van der Waals surface area contributed by atoms with Crippen molar-refractivity contribution in [3.8, 4) is 0 Å². The normalized spacial score (nSPS) is 31.1. The fraction of sp³-hybridized carbons (Fsp3) is 0.350. The molecular formula is C20H22O2. The maximum atomic E-state index is 12.3. The average molecular weight is 294 g/mol. The highest BCUT2D eigenvalue weighted by Crippen LogP contribution is 2.54. The Kier molecular flexibility index (Phi) is 3.88. The minimum Gasteiger partial charge on any atom is -0.389 e. The molecule has 0 aliphatic heterocycles. The third kappa shape index (κ3) is 2.59. The molecule has 0 spiro atoms. The predicted molar refractivity (Wildman–Crippen MR) is 87.8 cm³/mol. The summed E-state index contributed by atoms with van der Waals surface area (Å²) in [6.07, 6.45) is 0.612. The average Bonchev–Trinajstić information content (AvgIpc) is 2.80. The van der Waals surface area contributed by atoms with Gasteiger partial charge in [0, 0.05) is 5.92 Å². The van der Waals surface area contributed by atoms with E-state index in [2.05, 4.69) is 24.3 Å². The third-order valence-electron chi connectivity index (χ3n) is 4.95. The Morgan fingerprint density at radius 1 is 1.00 bits per heavy atom. The van der Waals surface area contributed by atoms with Gasteiger partial charge in [0.15, 0.2) is 0 Å². The summed E-state index contributed by atoms with van der Waals surface area (Å²) < 4.78 is 0. The molecule has 1 N–H and O–H groups in total. The van der Waals surface area contributed by atoms with Crippen LogP contribution in [0, 0.1) is 5.92 Å².